The number of benzene rings is 1. The number of hydrogen-bond donors (Lipinski definition) is 0. The minimum Gasteiger partial charge on any atom is -0.497 e. The summed E-state index contributed by atoms with van der Waals surface area (Å²) in [6, 6.07) is 11.7. The lowest BCUT2D eigenvalue weighted by atomic mass is 9.84. The van der Waals surface area contributed by atoms with Crippen molar-refractivity contribution in [3.63, 3.8) is 0 Å². The topological polar surface area (TPSA) is 91.3 Å². The average molecular weight is 523 g/mol. The predicted octanol–water partition coefficient (Wildman–Crippen LogP) is 1.76. The normalized spacial score (nSPS) is 18.7. The molecule has 2 aliphatic heterocycles. The first kappa shape index (κ1) is 26.4. The first-order valence-electron chi connectivity index (χ1n) is 13.7. The average Bonchev–Trinajstić information content (AvgIpc) is 2.95. The standard InChI is InChI=1S/C28H38N6O4/c1-37-24-7-5-22(6-8-24)25-9-10-26(30-29-25)32-13-15-33(16-14-32)27(35)21-34(28(36)23-3-2-4-23)12-11-31-17-19-38-20-18-31/h5-10,23H,2-4,11-21H2,1H3. The predicted molar refractivity (Wildman–Crippen MR) is 144 cm³/mol. The molecule has 38 heavy (non-hydrogen) atoms. The molecule has 1 aromatic heterocycles. The molecule has 204 valence electrons. The number of methoxy groups -OCH3 is 1. The van der Waals surface area contributed by atoms with E-state index < -0.39 is 0 Å². The molecule has 3 fully saturated rings. The number of carbonyl (C=O) groups excluding carboxylic acids is 2. The lowest BCUT2D eigenvalue weighted by molar-refractivity contribution is -0.145. The summed E-state index contributed by atoms with van der Waals surface area (Å²) in [5.41, 5.74) is 1.79. The van der Waals surface area contributed by atoms with Gasteiger partial charge < -0.3 is 24.2 Å². The largest absolute Gasteiger partial charge is 0.497 e. The molecule has 3 heterocycles. The maximum Gasteiger partial charge on any atom is 0.242 e. The van der Waals surface area contributed by atoms with Crippen LogP contribution in [0.15, 0.2) is 36.4 Å². The van der Waals surface area contributed by atoms with E-state index in [1.807, 2.05) is 41.3 Å². The molecule has 5 rings (SSSR count). The molecule has 3 aliphatic rings. The Hall–Kier alpha value is -3.24. The van der Waals surface area contributed by atoms with E-state index in [9.17, 15) is 9.59 Å². The molecule has 2 saturated heterocycles. The van der Waals surface area contributed by atoms with Gasteiger partial charge in [-0.1, -0.05) is 6.42 Å². The van der Waals surface area contributed by atoms with Crippen molar-refractivity contribution in [2.75, 3.05) is 84.1 Å². The van der Waals surface area contributed by atoms with Crippen molar-refractivity contribution < 1.29 is 19.1 Å². The molecule has 0 atom stereocenters. The lowest BCUT2D eigenvalue weighted by Crippen LogP contribution is -2.53. The molecule has 2 aromatic rings. The van der Waals surface area contributed by atoms with Gasteiger partial charge >= 0.3 is 0 Å². The van der Waals surface area contributed by atoms with Crippen LogP contribution >= 0.6 is 0 Å². The quantitative estimate of drug-likeness (QED) is 0.492. The van der Waals surface area contributed by atoms with Crippen molar-refractivity contribution in [2.24, 2.45) is 5.92 Å². The number of rotatable bonds is 9. The highest BCUT2D eigenvalue weighted by Crippen LogP contribution is 2.28. The van der Waals surface area contributed by atoms with Crippen molar-refractivity contribution in [1.82, 2.24) is 24.9 Å². The van der Waals surface area contributed by atoms with E-state index >= 15 is 0 Å². The number of morpholine rings is 1. The minimum atomic E-state index is 0.0280. The van der Waals surface area contributed by atoms with Gasteiger partial charge in [0.25, 0.3) is 0 Å². The Kier molecular flexibility index (Phi) is 8.70. The number of amides is 2. The van der Waals surface area contributed by atoms with E-state index in [0.29, 0.717) is 32.7 Å². The van der Waals surface area contributed by atoms with Crippen LogP contribution < -0.4 is 9.64 Å². The van der Waals surface area contributed by atoms with Crippen LogP contribution in [-0.2, 0) is 14.3 Å². The van der Waals surface area contributed by atoms with Gasteiger partial charge in [0.15, 0.2) is 5.82 Å². The van der Waals surface area contributed by atoms with Crippen molar-refractivity contribution in [2.45, 2.75) is 19.3 Å². The molecule has 0 N–H and O–H groups in total. The van der Waals surface area contributed by atoms with E-state index in [-0.39, 0.29) is 24.3 Å². The zero-order valence-corrected chi connectivity index (χ0v) is 22.3. The summed E-state index contributed by atoms with van der Waals surface area (Å²) in [6.07, 6.45) is 2.99. The monoisotopic (exact) mass is 522 g/mol. The number of carbonyl (C=O) groups is 2. The Balaban J connectivity index is 1.13. The molecule has 0 bridgehead atoms. The van der Waals surface area contributed by atoms with Gasteiger partial charge in [-0.2, -0.15) is 0 Å². The molecule has 0 radical (unpaired) electrons. The summed E-state index contributed by atoms with van der Waals surface area (Å²) < 4.78 is 10.7. The van der Waals surface area contributed by atoms with Crippen LogP contribution in [0.5, 0.6) is 5.75 Å². The Morgan fingerprint density at radius 3 is 2.32 bits per heavy atom. The van der Waals surface area contributed by atoms with Crippen molar-refractivity contribution in [3.8, 4) is 17.0 Å². The SMILES string of the molecule is COc1ccc(-c2ccc(N3CCN(C(=O)CN(CCN4CCOCC4)C(=O)C4CCC4)CC3)nn2)cc1. The lowest BCUT2D eigenvalue weighted by Gasteiger charge is -2.38. The Bertz CT molecular complexity index is 1060. The smallest absolute Gasteiger partial charge is 0.242 e. The van der Waals surface area contributed by atoms with Crippen molar-refractivity contribution in [1.29, 1.82) is 0 Å². The number of anilines is 1. The van der Waals surface area contributed by atoms with E-state index in [2.05, 4.69) is 20.0 Å². The van der Waals surface area contributed by atoms with Crippen LogP contribution in [0, 0.1) is 5.92 Å². The number of hydrogen-bond acceptors (Lipinski definition) is 8. The van der Waals surface area contributed by atoms with Crippen LogP contribution in [0.3, 0.4) is 0 Å². The summed E-state index contributed by atoms with van der Waals surface area (Å²) in [5.74, 6) is 1.87. The zero-order valence-electron chi connectivity index (χ0n) is 22.3. The van der Waals surface area contributed by atoms with Crippen LogP contribution in [0.4, 0.5) is 5.82 Å². The van der Waals surface area contributed by atoms with Gasteiger partial charge in [-0.25, -0.2) is 0 Å². The minimum absolute atomic E-state index is 0.0280. The van der Waals surface area contributed by atoms with Crippen LogP contribution in [0.25, 0.3) is 11.3 Å². The highest BCUT2D eigenvalue weighted by atomic mass is 16.5. The number of nitrogens with zero attached hydrogens (tertiary/aromatic N) is 6. The highest BCUT2D eigenvalue weighted by Gasteiger charge is 2.32. The third kappa shape index (κ3) is 6.42. The summed E-state index contributed by atoms with van der Waals surface area (Å²) in [5, 5.41) is 8.85. The molecule has 2 amide bonds. The first-order chi connectivity index (χ1) is 18.6. The molecule has 0 spiro atoms. The van der Waals surface area contributed by atoms with Crippen molar-refractivity contribution >= 4 is 17.6 Å². The third-order valence-electron chi connectivity index (χ3n) is 7.87. The van der Waals surface area contributed by atoms with E-state index in [0.717, 1.165) is 74.9 Å². The molecule has 1 aliphatic carbocycles. The first-order valence-corrected chi connectivity index (χ1v) is 13.7. The fourth-order valence-electron chi connectivity index (χ4n) is 5.13. The van der Waals surface area contributed by atoms with Crippen molar-refractivity contribution in [3.05, 3.63) is 36.4 Å². The summed E-state index contributed by atoms with van der Waals surface area (Å²) in [4.78, 5) is 34.5. The van der Waals surface area contributed by atoms with Gasteiger partial charge in [-0.3, -0.25) is 14.5 Å². The number of aromatic nitrogens is 2. The second-order valence-electron chi connectivity index (χ2n) is 10.2. The summed E-state index contributed by atoms with van der Waals surface area (Å²) in [6.45, 7) is 7.35. The van der Waals surface area contributed by atoms with Gasteiger partial charge in [-0.05, 0) is 49.2 Å². The molecule has 1 saturated carbocycles. The zero-order chi connectivity index (χ0) is 26.3. The van der Waals surface area contributed by atoms with Gasteiger partial charge in [0.05, 0.1) is 32.6 Å². The van der Waals surface area contributed by atoms with Crippen LogP contribution in [-0.4, -0.2) is 116 Å². The molecule has 10 nitrogen and oxygen atoms in total. The summed E-state index contributed by atoms with van der Waals surface area (Å²) >= 11 is 0. The highest BCUT2D eigenvalue weighted by molar-refractivity contribution is 5.86. The molecule has 0 unspecified atom stereocenters. The molecule has 1 aromatic carbocycles. The van der Waals surface area contributed by atoms with Crippen LogP contribution in [0.2, 0.25) is 0 Å². The van der Waals surface area contributed by atoms with Gasteiger partial charge in [0.2, 0.25) is 11.8 Å². The Labute approximate surface area is 224 Å². The molecular weight excluding hydrogens is 484 g/mol. The van der Waals surface area contributed by atoms with E-state index in [1.165, 1.54) is 0 Å². The maximum atomic E-state index is 13.2. The Morgan fingerprint density at radius 1 is 0.974 bits per heavy atom. The second kappa shape index (κ2) is 12.5. The second-order valence-corrected chi connectivity index (χ2v) is 10.2. The van der Waals surface area contributed by atoms with E-state index in [1.54, 1.807) is 12.0 Å². The summed E-state index contributed by atoms with van der Waals surface area (Å²) in [7, 11) is 1.65. The maximum absolute atomic E-state index is 13.2. The molecule has 10 heteroatoms. The van der Waals surface area contributed by atoms with Gasteiger partial charge in [0.1, 0.15) is 5.75 Å². The van der Waals surface area contributed by atoms with Gasteiger partial charge in [0, 0.05) is 63.8 Å². The number of piperazine rings is 1. The van der Waals surface area contributed by atoms with Gasteiger partial charge in [-0.15, -0.1) is 10.2 Å². The fourth-order valence-corrected chi connectivity index (χ4v) is 5.13. The fraction of sp³-hybridized carbons (Fsp3) is 0.571. The third-order valence-corrected chi connectivity index (χ3v) is 7.87. The van der Waals surface area contributed by atoms with E-state index in [4.69, 9.17) is 9.47 Å². The van der Waals surface area contributed by atoms with Crippen LogP contribution in [0.1, 0.15) is 19.3 Å². The Morgan fingerprint density at radius 2 is 1.71 bits per heavy atom. The molecular formula is C28H38N6O4. The number of ether oxygens (including phenoxy) is 2.